The largest absolute Gasteiger partial charge is 0.369 e. The van der Waals surface area contributed by atoms with Crippen molar-refractivity contribution in [1.29, 1.82) is 0 Å². The summed E-state index contributed by atoms with van der Waals surface area (Å²) in [6, 6.07) is 5.29. The minimum Gasteiger partial charge on any atom is -0.369 e. The van der Waals surface area contributed by atoms with Gasteiger partial charge in [0.15, 0.2) is 6.29 Å². The van der Waals surface area contributed by atoms with Gasteiger partial charge in [0.05, 0.1) is 5.56 Å². The van der Waals surface area contributed by atoms with Crippen LogP contribution in [0.5, 0.6) is 0 Å². The lowest BCUT2D eigenvalue weighted by Gasteiger charge is -2.34. The highest BCUT2D eigenvalue weighted by molar-refractivity contribution is 5.83. The molecule has 90 valence electrons. The molecule has 1 aliphatic heterocycles. The number of piperazine rings is 1. The highest BCUT2D eigenvalue weighted by atomic mass is 16.3. The third-order valence-electron chi connectivity index (χ3n) is 3.14. The number of nitrogens with one attached hydrogen (secondary N) is 1. The van der Waals surface area contributed by atoms with Gasteiger partial charge in [-0.15, -0.1) is 0 Å². The van der Waals surface area contributed by atoms with Crippen LogP contribution in [-0.4, -0.2) is 44.4 Å². The molecule has 17 heavy (non-hydrogen) atoms. The second-order valence-corrected chi connectivity index (χ2v) is 4.28. The Morgan fingerprint density at radius 1 is 1.24 bits per heavy atom. The molecule has 1 N–H and O–H groups in total. The van der Waals surface area contributed by atoms with E-state index in [-0.39, 0.29) is 0 Å². The molecular formula is C12H16N3O2+. The topological polar surface area (TPSA) is 54.6 Å². The Hall–Kier alpha value is -1.75. The number of carbonyl (C=O) groups is 1. The molecule has 0 bridgehead atoms. The lowest BCUT2D eigenvalue weighted by atomic mass is 10.1. The highest BCUT2D eigenvalue weighted by Gasteiger charge is 2.16. The van der Waals surface area contributed by atoms with E-state index in [0.29, 0.717) is 17.5 Å². The van der Waals surface area contributed by atoms with Crippen LogP contribution in [0.3, 0.4) is 0 Å². The maximum absolute atomic E-state index is 10.9. The molecule has 1 saturated heterocycles. The molecule has 0 amide bonds. The number of benzene rings is 1. The van der Waals surface area contributed by atoms with Crippen molar-refractivity contribution in [3.8, 4) is 0 Å². The van der Waals surface area contributed by atoms with E-state index in [4.69, 9.17) is 0 Å². The number of carbonyl (C=O) groups excluding carboxylic acids is 1. The summed E-state index contributed by atoms with van der Waals surface area (Å²) < 4.78 is 0. The van der Waals surface area contributed by atoms with Crippen molar-refractivity contribution in [1.82, 2.24) is 4.90 Å². The van der Waals surface area contributed by atoms with Gasteiger partial charge in [-0.3, -0.25) is 4.79 Å². The van der Waals surface area contributed by atoms with Crippen LogP contribution in [0.4, 0.5) is 11.4 Å². The van der Waals surface area contributed by atoms with Crippen LogP contribution in [0.1, 0.15) is 10.4 Å². The summed E-state index contributed by atoms with van der Waals surface area (Å²) in [5.74, 6) is 0. The fourth-order valence-corrected chi connectivity index (χ4v) is 2.00. The number of nitroso groups, excluding NO2 is 1. The van der Waals surface area contributed by atoms with Crippen LogP contribution < -0.4 is 10.1 Å². The van der Waals surface area contributed by atoms with Crippen molar-refractivity contribution in [2.45, 2.75) is 0 Å². The van der Waals surface area contributed by atoms with Crippen molar-refractivity contribution in [3.63, 3.8) is 0 Å². The van der Waals surface area contributed by atoms with Crippen molar-refractivity contribution >= 4 is 17.7 Å². The fourth-order valence-electron chi connectivity index (χ4n) is 2.00. The molecule has 1 fully saturated rings. The van der Waals surface area contributed by atoms with Crippen LogP contribution in [-0.2, 0) is 0 Å². The van der Waals surface area contributed by atoms with Gasteiger partial charge in [-0.25, -0.2) is 0 Å². The van der Waals surface area contributed by atoms with Gasteiger partial charge < -0.3 is 9.80 Å². The zero-order valence-corrected chi connectivity index (χ0v) is 9.85. The molecule has 0 unspecified atom stereocenters. The SMILES string of the molecule is CN1CCN(c2ccc([NH+]=O)c(C=O)c2)CC1. The summed E-state index contributed by atoms with van der Waals surface area (Å²) in [7, 11) is 2.10. The quantitative estimate of drug-likeness (QED) is 0.731. The van der Waals surface area contributed by atoms with E-state index in [2.05, 4.69) is 16.8 Å². The van der Waals surface area contributed by atoms with E-state index in [1.807, 2.05) is 6.07 Å². The van der Waals surface area contributed by atoms with Crippen LogP contribution in [0.25, 0.3) is 0 Å². The minimum absolute atomic E-state index is 0.331. The molecule has 5 nitrogen and oxygen atoms in total. The Kier molecular flexibility index (Phi) is 3.49. The minimum atomic E-state index is 0.331. The predicted octanol–water partition coefficient (Wildman–Crippen LogP) is -0.271. The summed E-state index contributed by atoms with van der Waals surface area (Å²) in [6.07, 6.45) is 0.708. The molecule has 0 saturated carbocycles. The maximum atomic E-state index is 10.9. The first-order valence-corrected chi connectivity index (χ1v) is 5.65. The molecule has 2 rings (SSSR count). The normalized spacial score (nSPS) is 16.9. The van der Waals surface area contributed by atoms with Gasteiger partial charge in [0.2, 0.25) is 0 Å². The average Bonchev–Trinajstić information content (AvgIpc) is 2.39. The van der Waals surface area contributed by atoms with Crippen LogP contribution >= 0.6 is 0 Å². The van der Waals surface area contributed by atoms with Crippen LogP contribution in [0.15, 0.2) is 18.2 Å². The number of aldehydes is 1. The lowest BCUT2D eigenvalue weighted by Crippen LogP contribution is -2.56. The number of rotatable bonds is 3. The van der Waals surface area contributed by atoms with Gasteiger partial charge in [0.1, 0.15) is 0 Å². The zero-order valence-electron chi connectivity index (χ0n) is 9.85. The number of anilines is 1. The lowest BCUT2D eigenvalue weighted by molar-refractivity contribution is -0.379. The molecule has 1 aliphatic rings. The molecule has 1 aromatic carbocycles. The standard InChI is InChI=1S/C12H15N3O2/c1-14-4-6-15(7-5-14)11-2-3-12(13-17)10(8-11)9-16/h2-3,8-9H,4-7H2,1H3/p+1. The highest BCUT2D eigenvalue weighted by Crippen LogP contribution is 2.20. The van der Waals surface area contributed by atoms with Crippen molar-refractivity contribution in [3.05, 3.63) is 28.7 Å². The third-order valence-corrected chi connectivity index (χ3v) is 3.14. The van der Waals surface area contributed by atoms with Crippen molar-refractivity contribution < 1.29 is 9.97 Å². The molecule has 0 radical (unpaired) electrons. The second kappa shape index (κ2) is 5.05. The molecule has 1 aromatic rings. The first-order chi connectivity index (χ1) is 8.24. The summed E-state index contributed by atoms with van der Waals surface area (Å²) in [6.45, 7) is 3.91. The van der Waals surface area contributed by atoms with Gasteiger partial charge in [0.25, 0.3) is 5.69 Å². The predicted molar refractivity (Wildman–Crippen MR) is 65.5 cm³/mol. The molecule has 0 spiro atoms. The Morgan fingerprint density at radius 2 is 1.94 bits per heavy atom. The Labute approximate surface area is 100.0 Å². The van der Waals surface area contributed by atoms with Gasteiger partial charge in [0, 0.05) is 48.0 Å². The Bertz CT molecular complexity index is 426. The van der Waals surface area contributed by atoms with Gasteiger partial charge in [-0.2, -0.15) is 0 Å². The van der Waals surface area contributed by atoms with Crippen LogP contribution in [0, 0.1) is 4.91 Å². The van der Waals surface area contributed by atoms with Gasteiger partial charge >= 0.3 is 0 Å². The number of hydrogen-bond acceptors (Lipinski definition) is 4. The van der Waals surface area contributed by atoms with Crippen molar-refractivity contribution in [2.24, 2.45) is 0 Å². The molecule has 0 aromatic heterocycles. The van der Waals surface area contributed by atoms with E-state index < -0.39 is 0 Å². The first-order valence-electron chi connectivity index (χ1n) is 5.65. The number of likely N-dealkylation sites (N-methyl/N-ethyl adjacent to an activating group) is 1. The van der Waals surface area contributed by atoms with E-state index in [1.54, 1.807) is 17.3 Å². The maximum Gasteiger partial charge on any atom is 0.263 e. The third kappa shape index (κ3) is 2.50. The van der Waals surface area contributed by atoms with E-state index in [9.17, 15) is 9.70 Å². The molecule has 1 heterocycles. The molecule has 5 heteroatoms. The fraction of sp³-hybridized carbons (Fsp3) is 0.417. The van der Waals surface area contributed by atoms with E-state index in [0.717, 1.165) is 31.9 Å². The number of hydrogen-bond donors (Lipinski definition) is 1. The Balaban J connectivity index is 2.21. The monoisotopic (exact) mass is 234 g/mol. The summed E-state index contributed by atoms with van der Waals surface area (Å²) in [5.41, 5.74) is 1.74. The van der Waals surface area contributed by atoms with E-state index >= 15 is 0 Å². The van der Waals surface area contributed by atoms with Crippen molar-refractivity contribution in [2.75, 3.05) is 38.1 Å². The van der Waals surface area contributed by atoms with E-state index in [1.165, 1.54) is 0 Å². The molecule has 0 atom stereocenters. The van der Waals surface area contributed by atoms with Gasteiger partial charge in [-0.1, -0.05) is 0 Å². The smallest absolute Gasteiger partial charge is 0.263 e. The summed E-state index contributed by atoms with van der Waals surface area (Å²) >= 11 is 0. The summed E-state index contributed by atoms with van der Waals surface area (Å²) in [4.78, 5) is 26.0. The molecular weight excluding hydrogens is 218 g/mol. The first kappa shape index (κ1) is 11.7. The van der Waals surface area contributed by atoms with Gasteiger partial charge in [-0.05, 0) is 19.2 Å². The molecule has 0 aliphatic carbocycles. The second-order valence-electron chi connectivity index (χ2n) is 4.28. The number of nitrogens with zero attached hydrogens (tertiary/aromatic N) is 2. The Morgan fingerprint density at radius 3 is 2.53 bits per heavy atom. The van der Waals surface area contributed by atoms with Crippen LogP contribution in [0.2, 0.25) is 0 Å². The summed E-state index contributed by atoms with van der Waals surface area (Å²) in [5, 5.41) is 1.78. The average molecular weight is 234 g/mol. The zero-order chi connectivity index (χ0) is 12.3.